The van der Waals surface area contributed by atoms with Gasteiger partial charge < -0.3 is 5.32 Å². The van der Waals surface area contributed by atoms with E-state index >= 15 is 0 Å². The molecule has 3 heteroatoms. The van der Waals surface area contributed by atoms with Gasteiger partial charge in [-0.2, -0.15) is 0 Å². The Bertz CT molecular complexity index is 584. The molecule has 0 saturated carbocycles. The van der Waals surface area contributed by atoms with Gasteiger partial charge in [0.15, 0.2) is 0 Å². The van der Waals surface area contributed by atoms with E-state index in [0.717, 1.165) is 13.0 Å². The molecular formula is C18H21ClFN. The Labute approximate surface area is 131 Å². The van der Waals surface area contributed by atoms with Crippen LogP contribution in [0.1, 0.15) is 35.2 Å². The van der Waals surface area contributed by atoms with Crippen molar-refractivity contribution >= 4 is 11.6 Å². The second-order valence-electron chi connectivity index (χ2n) is 5.32. The topological polar surface area (TPSA) is 12.0 Å². The van der Waals surface area contributed by atoms with Crippen molar-refractivity contribution in [3.05, 3.63) is 69.5 Å². The minimum atomic E-state index is -0.250. The van der Waals surface area contributed by atoms with E-state index in [1.165, 1.54) is 22.8 Å². The van der Waals surface area contributed by atoms with E-state index in [1.54, 1.807) is 12.1 Å². The predicted octanol–water partition coefficient (Wildman–Crippen LogP) is 4.99. The van der Waals surface area contributed by atoms with Crippen LogP contribution in [-0.2, 0) is 6.42 Å². The summed E-state index contributed by atoms with van der Waals surface area (Å²) >= 11 is 6.23. The molecule has 0 amide bonds. The van der Waals surface area contributed by atoms with Crippen LogP contribution in [0, 0.1) is 19.7 Å². The summed E-state index contributed by atoms with van der Waals surface area (Å²) in [6, 6.07) is 11.0. The van der Waals surface area contributed by atoms with Crippen LogP contribution in [0.5, 0.6) is 0 Å². The first-order valence-corrected chi connectivity index (χ1v) is 7.64. The standard InChI is InChI=1S/C18H21ClFN/c1-4-21-17(18-15(19)9-6-10-16(18)20)11-14-12(2)7-5-8-13(14)3/h5-10,17,21H,4,11H2,1-3H3. The highest BCUT2D eigenvalue weighted by Crippen LogP contribution is 2.30. The van der Waals surface area contributed by atoms with Gasteiger partial charge in [-0.15, -0.1) is 0 Å². The molecule has 112 valence electrons. The first kappa shape index (κ1) is 16.0. The second kappa shape index (κ2) is 7.06. The quantitative estimate of drug-likeness (QED) is 0.820. The van der Waals surface area contributed by atoms with E-state index in [1.807, 2.05) is 13.0 Å². The largest absolute Gasteiger partial charge is 0.310 e. The van der Waals surface area contributed by atoms with Crippen LogP contribution in [-0.4, -0.2) is 6.54 Å². The van der Waals surface area contributed by atoms with E-state index in [4.69, 9.17) is 11.6 Å². The van der Waals surface area contributed by atoms with Gasteiger partial charge in [0.1, 0.15) is 5.82 Å². The molecule has 0 aromatic heterocycles. The van der Waals surface area contributed by atoms with Crippen molar-refractivity contribution in [2.45, 2.75) is 33.2 Å². The van der Waals surface area contributed by atoms with Crippen molar-refractivity contribution in [3.8, 4) is 0 Å². The molecule has 0 aliphatic heterocycles. The van der Waals surface area contributed by atoms with Crippen LogP contribution in [0.15, 0.2) is 36.4 Å². The zero-order valence-corrected chi connectivity index (χ0v) is 13.5. The molecule has 0 bridgehead atoms. The third kappa shape index (κ3) is 3.63. The van der Waals surface area contributed by atoms with Crippen molar-refractivity contribution in [3.63, 3.8) is 0 Å². The SMILES string of the molecule is CCNC(Cc1c(C)cccc1C)c1c(F)cccc1Cl. The molecule has 2 aromatic carbocycles. The van der Waals surface area contributed by atoms with Crippen LogP contribution in [0.4, 0.5) is 4.39 Å². The molecule has 21 heavy (non-hydrogen) atoms. The van der Waals surface area contributed by atoms with Crippen LogP contribution in [0.2, 0.25) is 5.02 Å². The highest BCUT2D eigenvalue weighted by atomic mass is 35.5. The molecule has 1 atom stereocenters. The smallest absolute Gasteiger partial charge is 0.129 e. The zero-order chi connectivity index (χ0) is 15.4. The zero-order valence-electron chi connectivity index (χ0n) is 12.7. The summed E-state index contributed by atoms with van der Waals surface area (Å²) in [5, 5.41) is 3.84. The average molecular weight is 306 g/mol. The summed E-state index contributed by atoms with van der Waals surface area (Å²) in [7, 11) is 0. The lowest BCUT2D eigenvalue weighted by Gasteiger charge is -2.22. The lowest BCUT2D eigenvalue weighted by Crippen LogP contribution is -2.25. The molecule has 0 aliphatic rings. The summed E-state index contributed by atoms with van der Waals surface area (Å²) in [6.07, 6.45) is 0.729. The Morgan fingerprint density at radius 3 is 2.29 bits per heavy atom. The third-order valence-electron chi connectivity index (χ3n) is 3.85. The van der Waals surface area contributed by atoms with Gasteiger partial charge in [0.05, 0.1) is 0 Å². The number of aryl methyl sites for hydroxylation is 2. The highest BCUT2D eigenvalue weighted by Gasteiger charge is 2.20. The van der Waals surface area contributed by atoms with Gasteiger partial charge >= 0.3 is 0 Å². The number of rotatable bonds is 5. The van der Waals surface area contributed by atoms with Crippen molar-refractivity contribution in [2.24, 2.45) is 0 Å². The maximum absolute atomic E-state index is 14.2. The molecule has 0 spiro atoms. The molecule has 1 unspecified atom stereocenters. The molecule has 2 rings (SSSR count). The molecule has 0 saturated heterocycles. The number of nitrogens with one attached hydrogen (secondary N) is 1. The summed E-state index contributed by atoms with van der Waals surface area (Å²) in [6.45, 7) is 6.97. The maximum Gasteiger partial charge on any atom is 0.129 e. The Balaban J connectivity index is 2.41. The fraction of sp³-hybridized carbons (Fsp3) is 0.333. The third-order valence-corrected chi connectivity index (χ3v) is 4.18. The van der Waals surface area contributed by atoms with Crippen molar-refractivity contribution < 1.29 is 4.39 Å². The molecule has 1 nitrogen and oxygen atoms in total. The Hall–Kier alpha value is -1.38. The van der Waals surface area contributed by atoms with E-state index in [-0.39, 0.29) is 11.9 Å². The molecule has 0 aliphatic carbocycles. The van der Waals surface area contributed by atoms with Crippen LogP contribution in [0.25, 0.3) is 0 Å². The molecule has 0 fully saturated rings. The van der Waals surface area contributed by atoms with E-state index < -0.39 is 0 Å². The predicted molar refractivity (Wildman–Crippen MR) is 87.4 cm³/mol. The van der Waals surface area contributed by atoms with E-state index in [2.05, 4.69) is 31.3 Å². The Morgan fingerprint density at radius 1 is 1.10 bits per heavy atom. The summed E-state index contributed by atoms with van der Waals surface area (Å²) < 4.78 is 14.2. The monoisotopic (exact) mass is 305 g/mol. The van der Waals surface area contributed by atoms with E-state index in [9.17, 15) is 4.39 Å². The number of benzene rings is 2. The molecule has 2 aromatic rings. The lowest BCUT2D eigenvalue weighted by atomic mass is 9.92. The first-order valence-electron chi connectivity index (χ1n) is 7.27. The fourth-order valence-corrected chi connectivity index (χ4v) is 3.04. The van der Waals surface area contributed by atoms with Crippen LogP contribution >= 0.6 is 11.6 Å². The normalized spacial score (nSPS) is 12.4. The average Bonchev–Trinajstić information content (AvgIpc) is 2.42. The summed E-state index contributed by atoms with van der Waals surface area (Å²) in [5.74, 6) is -0.250. The van der Waals surface area contributed by atoms with E-state index in [0.29, 0.717) is 10.6 Å². The summed E-state index contributed by atoms with van der Waals surface area (Å²) in [4.78, 5) is 0. The van der Waals surface area contributed by atoms with Gasteiger partial charge in [0.25, 0.3) is 0 Å². The Kier molecular flexibility index (Phi) is 5.38. The van der Waals surface area contributed by atoms with Crippen LogP contribution < -0.4 is 5.32 Å². The number of hydrogen-bond acceptors (Lipinski definition) is 1. The molecule has 1 N–H and O–H groups in total. The van der Waals surface area contributed by atoms with Crippen molar-refractivity contribution in [2.75, 3.05) is 6.54 Å². The number of hydrogen-bond donors (Lipinski definition) is 1. The fourth-order valence-electron chi connectivity index (χ4n) is 2.74. The second-order valence-corrected chi connectivity index (χ2v) is 5.73. The van der Waals surface area contributed by atoms with Gasteiger partial charge in [-0.3, -0.25) is 0 Å². The van der Waals surface area contributed by atoms with Gasteiger partial charge in [-0.25, -0.2) is 4.39 Å². The molecular weight excluding hydrogens is 285 g/mol. The first-order chi connectivity index (χ1) is 10.0. The summed E-state index contributed by atoms with van der Waals surface area (Å²) in [5.41, 5.74) is 4.27. The minimum absolute atomic E-state index is 0.122. The molecule has 0 heterocycles. The van der Waals surface area contributed by atoms with Crippen molar-refractivity contribution in [1.29, 1.82) is 0 Å². The lowest BCUT2D eigenvalue weighted by molar-refractivity contribution is 0.509. The maximum atomic E-state index is 14.2. The van der Waals surface area contributed by atoms with Gasteiger partial charge in [0, 0.05) is 16.6 Å². The van der Waals surface area contributed by atoms with Gasteiger partial charge in [0.2, 0.25) is 0 Å². The van der Waals surface area contributed by atoms with Crippen molar-refractivity contribution in [1.82, 2.24) is 5.32 Å². The minimum Gasteiger partial charge on any atom is -0.310 e. The Morgan fingerprint density at radius 2 is 1.71 bits per heavy atom. The number of likely N-dealkylation sites (N-methyl/N-ethyl adjacent to an activating group) is 1. The highest BCUT2D eigenvalue weighted by molar-refractivity contribution is 6.31. The van der Waals surface area contributed by atoms with Crippen LogP contribution in [0.3, 0.4) is 0 Å². The number of halogens is 2. The molecule has 0 radical (unpaired) electrons. The van der Waals surface area contributed by atoms with Gasteiger partial charge in [-0.1, -0.05) is 42.8 Å². The van der Waals surface area contributed by atoms with Gasteiger partial charge in [-0.05, 0) is 55.6 Å².